The lowest BCUT2D eigenvalue weighted by Crippen LogP contribution is -2.03. The van der Waals surface area contributed by atoms with Crippen molar-refractivity contribution in [2.24, 2.45) is 0 Å². The summed E-state index contributed by atoms with van der Waals surface area (Å²) in [7, 11) is 0. The van der Waals surface area contributed by atoms with Gasteiger partial charge in [0, 0.05) is 6.42 Å². The third-order valence-electron chi connectivity index (χ3n) is 2.73. The Labute approximate surface area is 152 Å². The van der Waals surface area contributed by atoms with Gasteiger partial charge in [-0.3, -0.25) is 4.79 Å². The number of aliphatic hydroxyl groups is 1. The molecule has 130 valence electrons. The molecule has 0 unspecified atom stereocenters. The lowest BCUT2D eigenvalue weighted by atomic mass is 10.1. The van der Waals surface area contributed by atoms with Crippen LogP contribution in [-0.4, -0.2) is 22.3 Å². The van der Waals surface area contributed by atoms with E-state index in [2.05, 4.69) is 0 Å². The summed E-state index contributed by atoms with van der Waals surface area (Å²) in [5.74, 6) is -1.09. The SMILES string of the molecule is [2H]C(/C=C(\[2H])[C@@]([2H])(O)CCCC(=O)O)=C(\[2H])C/C([2H])=C(/[2H])C/C([2H])=C(/[2H])CCCCC. The van der Waals surface area contributed by atoms with E-state index in [1.165, 1.54) is 0 Å². The molecule has 0 saturated heterocycles. The van der Waals surface area contributed by atoms with Gasteiger partial charge in [-0.2, -0.15) is 0 Å². The van der Waals surface area contributed by atoms with Crippen molar-refractivity contribution in [1.82, 2.24) is 0 Å². The van der Waals surface area contributed by atoms with Gasteiger partial charge in [0.2, 0.25) is 0 Å². The Morgan fingerprint density at radius 2 is 1.83 bits per heavy atom. The van der Waals surface area contributed by atoms with Gasteiger partial charge >= 0.3 is 5.97 Å². The molecule has 0 aromatic rings. The average molecular weight is 329 g/mol. The summed E-state index contributed by atoms with van der Waals surface area (Å²) < 4.78 is 62.8. The number of hydrogen-bond acceptors (Lipinski definition) is 2. The first-order valence-corrected chi connectivity index (χ1v) is 7.91. The number of allylic oxidation sites excluding steroid dienone is 7. The summed E-state index contributed by atoms with van der Waals surface area (Å²) in [6, 6.07) is -2.03. The normalized spacial score (nSPS) is 23.1. The van der Waals surface area contributed by atoms with Gasteiger partial charge in [0.15, 0.2) is 0 Å². The summed E-state index contributed by atoms with van der Waals surface area (Å²) in [5, 5.41) is 18.6. The van der Waals surface area contributed by atoms with Crippen molar-refractivity contribution < 1.29 is 26.0 Å². The Hall–Kier alpha value is -1.61. The smallest absolute Gasteiger partial charge is 0.303 e. The highest BCUT2D eigenvalue weighted by atomic mass is 16.4. The first-order valence-electron chi connectivity index (χ1n) is 11.9. The van der Waals surface area contributed by atoms with E-state index in [1.807, 2.05) is 6.92 Å². The van der Waals surface area contributed by atoms with Crippen LogP contribution in [0.3, 0.4) is 0 Å². The molecule has 3 heteroatoms. The Balaban J connectivity index is 5.21. The molecule has 0 spiro atoms. The number of carboxylic acids is 1. The van der Waals surface area contributed by atoms with Crippen molar-refractivity contribution in [3.63, 3.8) is 0 Å². The van der Waals surface area contributed by atoms with Crippen LogP contribution in [0.15, 0.2) is 48.4 Å². The van der Waals surface area contributed by atoms with Crippen molar-refractivity contribution in [2.75, 3.05) is 0 Å². The van der Waals surface area contributed by atoms with Gasteiger partial charge in [-0.25, -0.2) is 0 Å². The van der Waals surface area contributed by atoms with Gasteiger partial charge in [0.1, 0.15) is 0 Å². The maximum atomic E-state index is 10.5. The van der Waals surface area contributed by atoms with E-state index in [9.17, 15) is 9.90 Å². The van der Waals surface area contributed by atoms with Crippen molar-refractivity contribution in [2.45, 2.75) is 70.8 Å². The summed E-state index contributed by atoms with van der Waals surface area (Å²) in [5.41, 5.74) is 0. The number of carbonyl (C=O) groups is 1. The average Bonchev–Trinajstić information content (AvgIpc) is 2.67. The molecule has 0 amide bonds. The number of rotatable bonds is 14. The predicted molar refractivity (Wildman–Crippen MR) is 97.4 cm³/mol. The molecule has 0 aliphatic rings. The molecule has 0 aliphatic heterocycles. The maximum absolute atomic E-state index is 10.5. The number of carboxylic acid groups (broad SMARTS) is 1. The lowest BCUT2D eigenvalue weighted by Gasteiger charge is -2.02. The van der Waals surface area contributed by atoms with E-state index >= 15 is 0 Å². The van der Waals surface area contributed by atoms with Gasteiger partial charge in [0.25, 0.3) is 0 Å². The summed E-state index contributed by atoms with van der Waals surface area (Å²) in [6.07, 6.45) is 0.343. The van der Waals surface area contributed by atoms with Crippen LogP contribution in [-0.2, 0) is 4.79 Å². The molecule has 0 rings (SSSR count). The van der Waals surface area contributed by atoms with E-state index in [4.69, 9.17) is 16.1 Å². The molecule has 1 atom stereocenters. The van der Waals surface area contributed by atoms with Crippen molar-refractivity contribution in [1.29, 1.82) is 0 Å². The zero-order chi connectivity index (χ0) is 24.2. The van der Waals surface area contributed by atoms with Crippen molar-refractivity contribution >= 4 is 5.97 Å². The van der Waals surface area contributed by atoms with Crippen LogP contribution in [0.1, 0.15) is 75.7 Å². The first kappa shape index (κ1) is 11.0. The summed E-state index contributed by atoms with van der Waals surface area (Å²) >= 11 is 0. The van der Waals surface area contributed by atoms with Crippen LogP contribution in [0.2, 0.25) is 0 Å². The van der Waals surface area contributed by atoms with Crippen LogP contribution >= 0.6 is 0 Å². The predicted octanol–water partition coefficient (Wildman–Crippen LogP) is 5.19. The molecule has 0 radical (unpaired) electrons. The van der Waals surface area contributed by atoms with Gasteiger partial charge in [-0.15, -0.1) is 0 Å². The van der Waals surface area contributed by atoms with E-state index in [-0.39, 0.29) is 49.9 Å². The Morgan fingerprint density at radius 3 is 2.52 bits per heavy atom. The first-order chi connectivity index (χ1) is 14.3. The largest absolute Gasteiger partial charge is 0.481 e. The number of aliphatic carboxylic acids is 1. The fourth-order valence-electron chi connectivity index (χ4n) is 1.53. The highest BCUT2D eigenvalue weighted by molar-refractivity contribution is 5.66. The van der Waals surface area contributed by atoms with Crippen LogP contribution in [0.25, 0.3) is 0 Å². The van der Waals surface area contributed by atoms with Gasteiger partial charge in [0.05, 0.1) is 17.0 Å². The molecule has 3 nitrogen and oxygen atoms in total. The molecule has 0 aromatic heterocycles. The topological polar surface area (TPSA) is 57.5 Å². The second-order valence-corrected chi connectivity index (χ2v) is 4.82. The Kier molecular flexibility index (Phi) is 8.04. The molecule has 0 aliphatic carbocycles. The van der Waals surface area contributed by atoms with Crippen molar-refractivity contribution in [3.05, 3.63) is 48.4 Å². The second kappa shape index (κ2) is 16.8. The number of hydrogen-bond donors (Lipinski definition) is 2. The third-order valence-corrected chi connectivity index (χ3v) is 2.73. The molecular formula is C20H32O3. The van der Waals surface area contributed by atoms with Gasteiger partial charge < -0.3 is 10.2 Å². The molecular weight excluding hydrogens is 288 g/mol. The highest BCUT2D eigenvalue weighted by Crippen LogP contribution is 2.03. The zero-order valence-corrected chi connectivity index (χ0v) is 13.7. The van der Waals surface area contributed by atoms with Crippen LogP contribution in [0, 0.1) is 0 Å². The lowest BCUT2D eigenvalue weighted by molar-refractivity contribution is -0.137. The Morgan fingerprint density at radius 1 is 1.13 bits per heavy atom. The van der Waals surface area contributed by atoms with Crippen LogP contribution < -0.4 is 0 Å². The number of unbranched alkanes of at least 4 members (excludes halogenated alkanes) is 2. The Bertz CT molecular complexity index is 739. The molecule has 0 saturated carbocycles. The minimum atomic E-state index is -2.39. The second-order valence-electron chi connectivity index (χ2n) is 4.82. The third kappa shape index (κ3) is 18.3. The maximum Gasteiger partial charge on any atom is 0.303 e. The van der Waals surface area contributed by atoms with E-state index in [0.717, 1.165) is 25.3 Å². The van der Waals surface area contributed by atoms with E-state index in [1.54, 1.807) is 0 Å². The molecule has 0 aromatic carbocycles. The zero-order valence-electron chi connectivity index (χ0n) is 21.7. The minimum Gasteiger partial charge on any atom is -0.481 e. The van der Waals surface area contributed by atoms with E-state index in [0.29, 0.717) is 6.42 Å². The monoisotopic (exact) mass is 328 g/mol. The minimum absolute atomic E-state index is 0.0302. The molecule has 0 heterocycles. The highest BCUT2D eigenvalue weighted by Gasteiger charge is 2.01. The van der Waals surface area contributed by atoms with Gasteiger partial charge in [-0.1, -0.05) is 68.2 Å². The standard InChI is InChI=1S/C20H32O3/c1-2-3-4-5-6-7-8-9-10-11-12-13-14-16-19(21)17-15-18-20(22)23/h6-7,9-10,12-14,16,19,21H,2-5,8,11,15,17-18H2,1H3,(H,22,23)/b7-6-,10-9-,13-12-,16-14+/t19-/m1/s1/i6D,7D,9D,10D,12D,13D,16D,19D. The fourth-order valence-corrected chi connectivity index (χ4v) is 1.53. The summed E-state index contributed by atoms with van der Waals surface area (Å²) in [4.78, 5) is 10.5. The molecule has 23 heavy (non-hydrogen) atoms. The fraction of sp³-hybridized carbons (Fsp3) is 0.550. The van der Waals surface area contributed by atoms with Crippen LogP contribution in [0.4, 0.5) is 0 Å². The van der Waals surface area contributed by atoms with Crippen LogP contribution in [0.5, 0.6) is 0 Å². The van der Waals surface area contributed by atoms with E-state index < -0.39 is 36.6 Å². The molecule has 0 bridgehead atoms. The quantitative estimate of drug-likeness (QED) is 0.262. The summed E-state index contributed by atoms with van der Waals surface area (Å²) in [6.45, 7) is 2.03. The van der Waals surface area contributed by atoms with Crippen molar-refractivity contribution in [3.8, 4) is 0 Å². The van der Waals surface area contributed by atoms with Gasteiger partial charge in [-0.05, 0) is 38.5 Å². The molecule has 0 fully saturated rings. The molecule has 2 N–H and O–H groups in total.